The van der Waals surface area contributed by atoms with Gasteiger partial charge in [-0.3, -0.25) is 9.59 Å². The van der Waals surface area contributed by atoms with Crippen molar-refractivity contribution in [3.8, 4) is 0 Å². The van der Waals surface area contributed by atoms with E-state index < -0.39 is 0 Å². The molecule has 0 heterocycles. The van der Waals surface area contributed by atoms with E-state index in [1.165, 1.54) is 26.2 Å². The minimum atomic E-state index is -0.263. The van der Waals surface area contributed by atoms with Crippen LogP contribution in [-0.4, -0.2) is 18.4 Å². The second kappa shape index (κ2) is 11.2. The third kappa shape index (κ3) is 10.3. The van der Waals surface area contributed by atoms with Gasteiger partial charge in [0.2, 0.25) is 0 Å². The molecule has 106 valence electrons. The molecule has 0 N–H and O–H groups in total. The van der Waals surface area contributed by atoms with Gasteiger partial charge >= 0.3 is 5.97 Å². The first-order valence-corrected chi connectivity index (χ1v) is 7.25. The number of ether oxygens (including phenoxy) is 1. The summed E-state index contributed by atoms with van der Waals surface area (Å²) in [6.45, 7) is 6.00. The molecule has 0 saturated carbocycles. The summed E-state index contributed by atoms with van der Waals surface area (Å²) in [6, 6.07) is 0. The molecule has 1 atom stereocenters. The van der Waals surface area contributed by atoms with Crippen molar-refractivity contribution in [1.82, 2.24) is 0 Å². The fourth-order valence-corrected chi connectivity index (χ4v) is 1.91. The van der Waals surface area contributed by atoms with Crippen LogP contribution in [0, 0.1) is 5.92 Å². The largest absolute Gasteiger partial charge is 0.466 e. The van der Waals surface area contributed by atoms with E-state index in [1.54, 1.807) is 0 Å². The number of Topliss-reactive ketones (excluding diaryl/α,β-unsaturated/α-hetero) is 1. The number of carbonyl (C=O) groups is 2. The van der Waals surface area contributed by atoms with Crippen LogP contribution in [0.15, 0.2) is 0 Å². The zero-order chi connectivity index (χ0) is 13.8. The SMILES string of the molecule is CCCCCCCC(=O)CC(CC)COC(C)=O. The number of esters is 1. The van der Waals surface area contributed by atoms with Crippen LogP contribution in [0.1, 0.15) is 72.1 Å². The molecule has 0 amide bonds. The summed E-state index contributed by atoms with van der Waals surface area (Å²) in [7, 11) is 0. The monoisotopic (exact) mass is 256 g/mol. The molecular formula is C15H28O3. The number of carbonyl (C=O) groups excluding carboxylic acids is 2. The van der Waals surface area contributed by atoms with Crippen molar-refractivity contribution >= 4 is 11.8 Å². The van der Waals surface area contributed by atoms with Gasteiger partial charge < -0.3 is 4.74 Å². The molecule has 0 radical (unpaired) electrons. The molecule has 0 fully saturated rings. The summed E-state index contributed by atoms with van der Waals surface area (Å²) in [4.78, 5) is 22.5. The molecule has 1 unspecified atom stereocenters. The molecule has 0 rings (SSSR count). The third-order valence-corrected chi connectivity index (χ3v) is 3.18. The standard InChI is InChI=1S/C15H28O3/c1-4-6-7-8-9-10-15(17)11-14(5-2)12-18-13(3)16/h14H,4-12H2,1-3H3. The van der Waals surface area contributed by atoms with Gasteiger partial charge in [-0.15, -0.1) is 0 Å². The fourth-order valence-electron chi connectivity index (χ4n) is 1.91. The molecule has 18 heavy (non-hydrogen) atoms. The van der Waals surface area contributed by atoms with Gasteiger partial charge in [0, 0.05) is 19.8 Å². The summed E-state index contributed by atoms with van der Waals surface area (Å²) < 4.78 is 4.96. The highest BCUT2D eigenvalue weighted by molar-refractivity contribution is 5.78. The van der Waals surface area contributed by atoms with Crippen LogP contribution >= 0.6 is 0 Å². The van der Waals surface area contributed by atoms with E-state index in [1.807, 2.05) is 6.92 Å². The Morgan fingerprint density at radius 3 is 2.28 bits per heavy atom. The topological polar surface area (TPSA) is 43.4 Å². The zero-order valence-electron chi connectivity index (χ0n) is 12.2. The first-order chi connectivity index (χ1) is 8.60. The number of hydrogen-bond acceptors (Lipinski definition) is 3. The van der Waals surface area contributed by atoms with Crippen molar-refractivity contribution in [3.63, 3.8) is 0 Å². The molecular weight excluding hydrogens is 228 g/mol. The van der Waals surface area contributed by atoms with Crippen LogP contribution in [-0.2, 0) is 14.3 Å². The lowest BCUT2D eigenvalue weighted by Crippen LogP contribution is -2.15. The normalized spacial score (nSPS) is 12.2. The number of ketones is 1. The van der Waals surface area contributed by atoms with Crippen LogP contribution < -0.4 is 0 Å². The maximum Gasteiger partial charge on any atom is 0.302 e. The fraction of sp³-hybridized carbons (Fsp3) is 0.867. The number of unbranched alkanes of at least 4 members (excludes halogenated alkanes) is 4. The quantitative estimate of drug-likeness (QED) is 0.416. The van der Waals surface area contributed by atoms with E-state index in [-0.39, 0.29) is 11.9 Å². The maximum absolute atomic E-state index is 11.7. The molecule has 0 aromatic heterocycles. The summed E-state index contributed by atoms with van der Waals surface area (Å²) in [5, 5.41) is 0. The average Bonchev–Trinajstić information content (AvgIpc) is 2.34. The molecule has 0 aliphatic heterocycles. The van der Waals surface area contributed by atoms with E-state index in [4.69, 9.17) is 4.74 Å². The Hall–Kier alpha value is -0.860. The first-order valence-electron chi connectivity index (χ1n) is 7.25. The smallest absolute Gasteiger partial charge is 0.302 e. The Balaban J connectivity index is 3.66. The van der Waals surface area contributed by atoms with Crippen LogP contribution in [0.25, 0.3) is 0 Å². The lowest BCUT2D eigenvalue weighted by atomic mass is 9.97. The van der Waals surface area contributed by atoms with Gasteiger partial charge in [0.15, 0.2) is 0 Å². The molecule has 0 aliphatic rings. The number of rotatable bonds is 11. The summed E-state index contributed by atoms with van der Waals surface area (Å²) in [6.07, 6.45) is 8.00. The highest BCUT2D eigenvalue weighted by Crippen LogP contribution is 2.13. The van der Waals surface area contributed by atoms with Gasteiger partial charge in [0.05, 0.1) is 6.61 Å². The predicted octanol–water partition coefficient (Wildman–Crippen LogP) is 3.90. The van der Waals surface area contributed by atoms with Crippen LogP contribution in [0.2, 0.25) is 0 Å². The lowest BCUT2D eigenvalue weighted by Gasteiger charge is -2.13. The van der Waals surface area contributed by atoms with Gasteiger partial charge in [0.25, 0.3) is 0 Å². The number of hydrogen-bond donors (Lipinski definition) is 0. The van der Waals surface area contributed by atoms with Crippen molar-refractivity contribution in [2.24, 2.45) is 5.92 Å². The molecule has 3 nitrogen and oxygen atoms in total. The molecule has 0 bridgehead atoms. The summed E-state index contributed by atoms with van der Waals surface area (Å²) in [5.74, 6) is 0.239. The Labute approximate surface area is 111 Å². The highest BCUT2D eigenvalue weighted by Gasteiger charge is 2.13. The van der Waals surface area contributed by atoms with Crippen LogP contribution in [0.4, 0.5) is 0 Å². The first kappa shape index (κ1) is 17.1. The highest BCUT2D eigenvalue weighted by atomic mass is 16.5. The Kier molecular flexibility index (Phi) is 10.7. The van der Waals surface area contributed by atoms with Gasteiger partial charge in [-0.25, -0.2) is 0 Å². The average molecular weight is 256 g/mol. The van der Waals surface area contributed by atoms with Gasteiger partial charge in [-0.05, 0) is 18.8 Å². The van der Waals surface area contributed by atoms with E-state index in [9.17, 15) is 9.59 Å². The molecule has 3 heteroatoms. The minimum absolute atomic E-state index is 0.192. The Morgan fingerprint density at radius 1 is 1.06 bits per heavy atom. The maximum atomic E-state index is 11.7. The second-order valence-electron chi connectivity index (χ2n) is 4.98. The second-order valence-corrected chi connectivity index (χ2v) is 4.98. The van der Waals surface area contributed by atoms with E-state index >= 15 is 0 Å². The molecule has 0 aromatic carbocycles. The molecule has 0 saturated heterocycles. The summed E-state index contributed by atoms with van der Waals surface area (Å²) in [5.41, 5.74) is 0. The van der Waals surface area contributed by atoms with Gasteiger partial charge in [-0.2, -0.15) is 0 Å². The zero-order valence-corrected chi connectivity index (χ0v) is 12.2. The van der Waals surface area contributed by atoms with Gasteiger partial charge in [-0.1, -0.05) is 39.5 Å². The Morgan fingerprint density at radius 2 is 1.72 bits per heavy atom. The van der Waals surface area contributed by atoms with Crippen molar-refractivity contribution < 1.29 is 14.3 Å². The van der Waals surface area contributed by atoms with Crippen molar-refractivity contribution in [2.45, 2.75) is 72.1 Å². The Bertz CT molecular complexity index is 236. The molecule has 0 aliphatic carbocycles. The lowest BCUT2D eigenvalue weighted by molar-refractivity contribution is -0.143. The van der Waals surface area contributed by atoms with Gasteiger partial charge in [0.1, 0.15) is 5.78 Å². The minimum Gasteiger partial charge on any atom is -0.466 e. The van der Waals surface area contributed by atoms with E-state index in [2.05, 4.69) is 6.92 Å². The van der Waals surface area contributed by atoms with Crippen LogP contribution in [0.3, 0.4) is 0 Å². The van der Waals surface area contributed by atoms with Crippen molar-refractivity contribution in [1.29, 1.82) is 0 Å². The van der Waals surface area contributed by atoms with E-state index in [0.29, 0.717) is 25.2 Å². The van der Waals surface area contributed by atoms with Crippen molar-refractivity contribution in [3.05, 3.63) is 0 Å². The van der Waals surface area contributed by atoms with Crippen LogP contribution in [0.5, 0.6) is 0 Å². The molecule has 0 spiro atoms. The van der Waals surface area contributed by atoms with Crippen molar-refractivity contribution in [2.75, 3.05) is 6.61 Å². The predicted molar refractivity (Wildman–Crippen MR) is 73.4 cm³/mol. The van der Waals surface area contributed by atoms with E-state index in [0.717, 1.165) is 19.3 Å². The summed E-state index contributed by atoms with van der Waals surface area (Å²) >= 11 is 0. The molecule has 0 aromatic rings. The third-order valence-electron chi connectivity index (χ3n) is 3.18.